The minimum Gasteiger partial charge on any atom is -0.360 e. The zero-order valence-electron chi connectivity index (χ0n) is 10.7. The van der Waals surface area contributed by atoms with Gasteiger partial charge < -0.3 is 9.84 Å². The summed E-state index contributed by atoms with van der Waals surface area (Å²) in [6.07, 6.45) is 0. The van der Waals surface area contributed by atoms with Crippen molar-refractivity contribution in [3.63, 3.8) is 0 Å². The van der Waals surface area contributed by atoms with Crippen LogP contribution in [0.25, 0.3) is 0 Å². The first-order valence-electron chi connectivity index (χ1n) is 5.81. The van der Waals surface area contributed by atoms with Gasteiger partial charge in [-0.15, -0.1) is 0 Å². The summed E-state index contributed by atoms with van der Waals surface area (Å²) in [5.74, 6) is -1.62. The molecule has 106 valence electrons. The second-order valence-electron chi connectivity index (χ2n) is 4.47. The number of hydrogen-bond donors (Lipinski definition) is 1. The molecule has 0 atom stereocenters. The molecule has 1 N–H and O–H groups in total. The molecule has 2 rings (SSSR count). The molecule has 0 radical (unpaired) electrons. The second-order valence-corrected chi connectivity index (χ2v) is 5.32. The highest BCUT2D eigenvalue weighted by Gasteiger charge is 2.18. The molecular formula is C13H11BrF2N2O2. The number of benzene rings is 1. The van der Waals surface area contributed by atoms with Crippen molar-refractivity contribution in [1.29, 1.82) is 0 Å². The first-order chi connectivity index (χ1) is 9.38. The quantitative estimate of drug-likeness (QED) is 0.912. The third kappa shape index (κ3) is 3.04. The predicted octanol–water partition coefficient (Wildman–Crippen LogP) is 4.09. The Kier molecular flexibility index (Phi) is 4.17. The highest BCUT2D eigenvalue weighted by atomic mass is 79.9. The molecule has 4 nitrogen and oxygen atoms in total. The summed E-state index contributed by atoms with van der Waals surface area (Å²) in [6, 6.07) is 3.22. The van der Waals surface area contributed by atoms with Gasteiger partial charge in [0, 0.05) is 22.5 Å². The zero-order chi connectivity index (χ0) is 14.9. The van der Waals surface area contributed by atoms with Gasteiger partial charge >= 0.3 is 0 Å². The molecule has 0 aliphatic rings. The van der Waals surface area contributed by atoms with Gasteiger partial charge in [-0.2, -0.15) is 0 Å². The van der Waals surface area contributed by atoms with Gasteiger partial charge in [0.05, 0.1) is 5.69 Å². The van der Waals surface area contributed by atoms with Crippen molar-refractivity contribution >= 4 is 27.5 Å². The van der Waals surface area contributed by atoms with E-state index in [1.807, 2.05) is 13.8 Å². The van der Waals surface area contributed by atoms with Crippen LogP contribution >= 0.6 is 15.9 Å². The summed E-state index contributed by atoms with van der Waals surface area (Å²) < 4.78 is 31.6. The van der Waals surface area contributed by atoms with Crippen LogP contribution in [0.1, 0.15) is 36.0 Å². The van der Waals surface area contributed by atoms with Crippen molar-refractivity contribution in [2.24, 2.45) is 0 Å². The van der Waals surface area contributed by atoms with Crippen molar-refractivity contribution in [2.75, 3.05) is 5.32 Å². The van der Waals surface area contributed by atoms with E-state index in [0.29, 0.717) is 11.8 Å². The molecule has 0 aliphatic heterocycles. The van der Waals surface area contributed by atoms with E-state index in [0.717, 1.165) is 6.07 Å². The molecule has 1 heterocycles. The Morgan fingerprint density at radius 2 is 2.05 bits per heavy atom. The monoisotopic (exact) mass is 344 g/mol. The van der Waals surface area contributed by atoms with Crippen LogP contribution in [0.2, 0.25) is 0 Å². The Labute approximate surface area is 122 Å². The summed E-state index contributed by atoms with van der Waals surface area (Å²) in [5.41, 5.74) is -0.116. The fourth-order valence-electron chi connectivity index (χ4n) is 1.51. The van der Waals surface area contributed by atoms with Gasteiger partial charge in [0.25, 0.3) is 5.91 Å². The number of aromatic nitrogens is 1. The first-order valence-corrected chi connectivity index (χ1v) is 6.60. The van der Waals surface area contributed by atoms with Gasteiger partial charge in [-0.05, 0) is 22.0 Å². The number of nitrogens with one attached hydrogen (secondary N) is 1. The molecular weight excluding hydrogens is 334 g/mol. The van der Waals surface area contributed by atoms with Crippen LogP contribution < -0.4 is 5.32 Å². The SMILES string of the molecule is CC(C)c1cc(C(=O)Nc2c(F)cc(F)cc2Br)no1. The number of nitrogens with zero attached hydrogens (tertiary/aromatic N) is 1. The number of rotatable bonds is 3. The Balaban J connectivity index is 2.23. The smallest absolute Gasteiger partial charge is 0.277 e. The number of anilines is 1. The summed E-state index contributed by atoms with van der Waals surface area (Å²) in [6.45, 7) is 3.77. The van der Waals surface area contributed by atoms with E-state index in [2.05, 4.69) is 26.4 Å². The van der Waals surface area contributed by atoms with Gasteiger partial charge in [-0.1, -0.05) is 19.0 Å². The van der Waals surface area contributed by atoms with Gasteiger partial charge in [0.1, 0.15) is 11.6 Å². The van der Waals surface area contributed by atoms with Crippen LogP contribution in [0.5, 0.6) is 0 Å². The summed E-state index contributed by atoms with van der Waals surface area (Å²) in [4.78, 5) is 11.9. The summed E-state index contributed by atoms with van der Waals surface area (Å²) in [5, 5.41) is 5.94. The normalized spacial score (nSPS) is 10.9. The lowest BCUT2D eigenvalue weighted by molar-refractivity contribution is 0.101. The van der Waals surface area contributed by atoms with Crippen molar-refractivity contribution in [2.45, 2.75) is 19.8 Å². The second kappa shape index (κ2) is 5.70. The lowest BCUT2D eigenvalue weighted by Gasteiger charge is -2.07. The lowest BCUT2D eigenvalue weighted by atomic mass is 10.1. The maximum atomic E-state index is 13.6. The first kappa shape index (κ1) is 14.6. The molecule has 20 heavy (non-hydrogen) atoms. The van der Waals surface area contributed by atoms with E-state index in [1.54, 1.807) is 0 Å². The van der Waals surface area contributed by atoms with Crippen LogP contribution in [0.15, 0.2) is 27.2 Å². The van der Waals surface area contributed by atoms with Crippen LogP contribution in [0.4, 0.5) is 14.5 Å². The average molecular weight is 345 g/mol. The van der Waals surface area contributed by atoms with E-state index < -0.39 is 17.5 Å². The predicted molar refractivity (Wildman–Crippen MR) is 72.6 cm³/mol. The molecule has 0 saturated carbocycles. The van der Waals surface area contributed by atoms with E-state index in [4.69, 9.17) is 4.52 Å². The minimum atomic E-state index is -0.877. The van der Waals surface area contributed by atoms with Crippen molar-refractivity contribution in [1.82, 2.24) is 5.16 Å². The zero-order valence-corrected chi connectivity index (χ0v) is 12.3. The largest absolute Gasteiger partial charge is 0.360 e. The molecule has 7 heteroatoms. The molecule has 0 aliphatic carbocycles. The van der Waals surface area contributed by atoms with Gasteiger partial charge in [0.15, 0.2) is 11.5 Å². The molecule has 1 amide bonds. The van der Waals surface area contributed by atoms with Crippen molar-refractivity contribution in [3.8, 4) is 0 Å². The van der Waals surface area contributed by atoms with Gasteiger partial charge in [-0.3, -0.25) is 4.79 Å². The topological polar surface area (TPSA) is 55.1 Å². The Morgan fingerprint density at radius 3 is 2.60 bits per heavy atom. The average Bonchev–Trinajstić information content (AvgIpc) is 2.83. The third-order valence-electron chi connectivity index (χ3n) is 2.58. The van der Waals surface area contributed by atoms with Crippen LogP contribution in [0, 0.1) is 11.6 Å². The summed E-state index contributed by atoms with van der Waals surface area (Å²) in [7, 11) is 0. The lowest BCUT2D eigenvalue weighted by Crippen LogP contribution is -2.14. The van der Waals surface area contributed by atoms with Crippen molar-refractivity contribution < 1.29 is 18.1 Å². The Hall–Kier alpha value is -1.76. The van der Waals surface area contributed by atoms with Gasteiger partial charge in [0.2, 0.25) is 0 Å². The molecule has 0 saturated heterocycles. The molecule has 2 aromatic rings. The Morgan fingerprint density at radius 1 is 1.35 bits per heavy atom. The maximum Gasteiger partial charge on any atom is 0.277 e. The molecule has 0 unspecified atom stereocenters. The minimum absolute atomic E-state index is 0.0318. The standard InChI is InChI=1S/C13H11BrF2N2O2/c1-6(2)11-5-10(18-20-11)13(19)17-12-8(14)3-7(15)4-9(12)16/h3-6H,1-2H3,(H,17,19). The fourth-order valence-corrected chi connectivity index (χ4v) is 2.01. The number of amides is 1. The highest BCUT2D eigenvalue weighted by molar-refractivity contribution is 9.10. The number of carbonyl (C=O) groups is 1. The molecule has 1 aromatic carbocycles. The number of carbonyl (C=O) groups excluding carboxylic acids is 1. The van der Waals surface area contributed by atoms with Crippen LogP contribution in [-0.4, -0.2) is 11.1 Å². The van der Waals surface area contributed by atoms with Crippen LogP contribution in [-0.2, 0) is 0 Å². The van der Waals surface area contributed by atoms with E-state index in [9.17, 15) is 13.6 Å². The van der Waals surface area contributed by atoms with E-state index >= 15 is 0 Å². The summed E-state index contributed by atoms with van der Waals surface area (Å²) >= 11 is 2.99. The van der Waals surface area contributed by atoms with E-state index in [-0.39, 0.29) is 21.8 Å². The fraction of sp³-hybridized carbons (Fsp3) is 0.231. The van der Waals surface area contributed by atoms with Crippen LogP contribution in [0.3, 0.4) is 0 Å². The van der Waals surface area contributed by atoms with E-state index in [1.165, 1.54) is 6.07 Å². The number of halogens is 3. The molecule has 0 fully saturated rings. The number of hydrogen-bond acceptors (Lipinski definition) is 3. The molecule has 1 aromatic heterocycles. The maximum absolute atomic E-state index is 13.6. The third-order valence-corrected chi connectivity index (χ3v) is 3.20. The Bertz CT molecular complexity index is 633. The molecule has 0 spiro atoms. The van der Waals surface area contributed by atoms with Gasteiger partial charge in [-0.25, -0.2) is 8.78 Å². The van der Waals surface area contributed by atoms with Crippen molar-refractivity contribution in [3.05, 3.63) is 45.8 Å². The highest BCUT2D eigenvalue weighted by Crippen LogP contribution is 2.27. The molecule has 0 bridgehead atoms.